The van der Waals surface area contributed by atoms with Crippen molar-refractivity contribution in [3.8, 4) is 5.88 Å². The van der Waals surface area contributed by atoms with Crippen molar-refractivity contribution in [3.05, 3.63) is 41.9 Å². The second kappa shape index (κ2) is 6.02. The zero-order valence-corrected chi connectivity index (χ0v) is 11.2. The first-order valence-corrected chi connectivity index (χ1v) is 6.82. The molecule has 0 spiro atoms. The van der Waals surface area contributed by atoms with Gasteiger partial charge < -0.3 is 15.2 Å². The molecule has 0 bridgehead atoms. The van der Waals surface area contributed by atoms with Gasteiger partial charge in [-0.1, -0.05) is 6.07 Å². The summed E-state index contributed by atoms with van der Waals surface area (Å²) < 4.78 is 7.40. The van der Waals surface area contributed by atoms with Crippen LogP contribution < -0.4 is 10.1 Å². The summed E-state index contributed by atoms with van der Waals surface area (Å²) in [6.45, 7) is 2.72. The minimum atomic E-state index is -0.607. The zero-order chi connectivity index (χ0) is 13.8. The van der Waals surface area contributed by atoms with Crippen molar-refractivity contribution in [1.82, 2.24) is 20.1 Å². The first kappa shape index (κ1) is 13.1. The number of aromatic nitrogens is 3. The highest BCUT2D eigenvalue weighted by molar-refractivity contribution is 5.17. The second-order valence-electron chi connectivity index (χ2n) is 4.80. The van der Waals surface area contributed by atoms with Gasteiger partial charge in [0.05, 0.1) is 18.0 Å². The Morgan fingerprint density at radius 2 is 2.40 bits per heavy atom. The second-order valence-corrected chi connectivity index (χ2v) is 4.80. The van der Waals surface area contributed by atoms with E-state index in [1.54, 1.807) is 6.20 Å². The molecule has 2 N–H and O–H groups in total. The Bertz CT molecular complexity index is 532. The lowest BCUT2D eigenvalue weighted by Gasteiger charge is -2.13. The normalized spacial score (nSPS) is 15.4. The number of ether oxygens (including phenoxy) is 1. The third-order valence-corrected chi connectivity index (χ3v) is 3.23. The van der Waals surface area contributed by atoms with Gasteiger partial charge in [-0.3, -0.25) is 4.98 Å². The van der Waals surface area contributed by atoms with Crippen molar-refractivity contribution in [2.75, 3.05) is 13.2 Å². The van der Waals surface area contributed by atoms with Crippen LogP contribution in [-0.4, -0.2) is 33.0 Å². The maximum atomic E-state index is 9.99. The predicted molar refractivity (Wildman–Crippen MR) is 73.2 cm³/mol. The molecule has 0 fully saturated rings. The van der Waals surface area contributed by atoms with E-state index in [9.17, 15) is 5.11 Å². The van der Waals surface area contributed by atoms with E-state index >= 15 is 0 Å². The van der Waals surface area contributed by atoms with Crippen molar-refractivity contribution in [2.24, 2.45) is 0 Å². The molecule has 1 aliphatic rings. The van der Waals surface area contributed by atoms with Crippen molar-refractivity contribution in [2.45, 2.75) is 25.6 Å². The molecule has 6 nitrogen and oxygen atoms in total. The summed E-state index contributed by atoms with van der Waals surface area (Å²) in [6.07, 6.45) is 2.07. The van der Waals surface area contributed by atoms with Gasteiger partial charge in [-0.2, -0.15) is 5.10 Å². The summed E-state index contributed by atoms with van der Waals surface area (Å²) in [6, 6.07) is 7.46. The van der Waals surface area contributed by atoms with Crippen molar-refractivity contribution < 1.29 is 9.84 Å². The van der Waals surface area contributed by atoms with Crippen LogP contribution in [-0.2, 0) is 13.1 Å². The summed E-state index contributed by atoms with van der Waals surface area (Å²) in [7, 11) is 0. The van der Waals surface area contributed by atoms with E-state index in [1.807, 2.05) is 28.9 Å². The van der Waals surface area contributed by atoms with Crippen LogP contribution in [0.2, 0.25) is 0 Å². The lowest BCUT2D eigenvalue weighted by atomic mass is 10.2. The first-order chi connectivity index (χ1) is 9.83. The molecule has 2 aromatic rings. The number of pyridine rings is 1. The fourth-order valence-electron chi connectivity index (χ4n) is 2.22. The molecule has 0 saturated carbocycles. The Balaban J connectivity index is 1.51. The zero-order valence-electron chi connectivity index (χ0n) is 11.2. The first-order valence-electron chi connectivity index (χ1n) is 6.82. The monoisotopic (exact) mass is 274 g/mol. The molecular formula is C14H18N4O2. The van der Waals surface area contributed by atoms with E-state index < -0.39 is 6.10 Å². The number of nitrogens with one attached hydrogen (secondary N) is 1. The lowest BCUT2D eigenvalue weighted by Crippen LogP contribution is -2.22. The fourth-order valence-corrected chi connectivity index (χ4v) is 2.22. The highest BCUT2D eigenvalue weighted by Crippen LogP contribution is 2.18. The Morgan fingerprint density at radius 3 is 3.20 bits per heavy atom. The standard InChI is InChI=1S/C14H18N4O2/c19-13(12-4-1-2-5-16-12)10-15-9-11-8-14-18(17-11)6-3-7-20-14/h1-2,4-5,8,13,15,19H,3,6-7,9-10H2. The molecule has 106 valence electrons. The number of hydrogen-bond donors (Lipinski definition) is 2. The van der Waals surface area contributed by atoms with Gasteiger partial charge in [-0.25, -0.2) is 4.68 Å². The van der Waals surface area contributed by atoms with Crippen LogP contribution >= 0.6 is 0 Å². The van der Waals surface area contributed by atoms with Gasteiger partial charge in [-0.05, 0) is 12.1 Å². The molecule has 20 heavy (non-hydrogen) atoms. The molecule has 6 heteroatoms. The fraction of sp³-hybridized carbons (Fsp3) is 0.429. The van der Waals surface area contributed by atoms with E-state index in [2.05, 4.69) is 15.4 Å². The third-order valence-electron chi connectivity index (χ3n) is 3.23. The minimum absolute atomic E-state index is 0.445. The Morgan fingerprint density at radius 1 is 1.45 bits per heavy atom. The lowest BCUT2D eigenvalue weighted by molar-refractivity contribution is 0.169. The molecule has 0 radical (unpaired) electrons. The number of nitrogens with zero attached hydrogens (tertiary/aromatic N) is 3. The van der Waals surface area contributed by atoms with Gasteiger partial charge >= 0.3 is 0 Å². The van der Waals surface area contributed by atoms with Gasteiger partial charge in [-0.15, -0.1) is 0 Å². The molecule has 0 aliphatic carbocycles. The average Bonchev–Trinajstić information content (AvgIpc) is 2.90. The van der Waals surface area contributed by atoms with E-state index in [4.69, 9.17) is 4.74 Å². The SMILES string of the molecule is OC(CNCc1cc2n(n1)CCCO2)c1ccccn1. The summed E-state index contributed by atoms with van der Waals surface area (Å²) in [5.74, 6) is 0.832. The molecule has 2 aromatic heterocycles. The number of fused-ring (bicyclic) bond motifs is 1. The van der Waals surface area contributed by atoms with E-state index in [0.29, 0.717) is 18.8 Å². The van der Waals surface area contributed by atoms with Crippen LogP contribution in [0.15, 0.2) is 30.5 Å². The molecule has 3 rings (SSSR count). The Labute approximate surface area is 117 Å². The van der Waals surface area contributed by atoms with Gasteiger partial charge in [0.15, 0.2) is 0 Å². The van der Waals surface area contributed by atoms with Gasteiger partial charge in [0.2, 0.25) is 5.88 Å². The number of rotatable bonds is 5. The van der Waals surface area contributed by atoms with Crippen molar-refractivity contribution >= 4 is 0 Å². The van der Waals surface area contributed by atoms with E-state index in [1.165, 1.54) is 0 Å². The van der Waals surface area contributed by atoms with E-state index in [0.717, 1.165) is 31.1 Å². The quantitative estimate of drug-likeness (QED) is 0.847. The summed E-state index contributed by atoms with van der Waals surface area (Å²) in [5, 5.41) is 17.6. The van der Waals surface area contributed by atoms with E-state index in [-0.39, 0.29) is 0 Å². The molecule has 1 aliphatic heterocycles. The molecule has 0 saturated heterocycles. The molecule has 0 amide bonds. The molecular weight excluding hydrogens is 256 g/mol. The minimum Gasteiger partial charge on any atom is -0.478 e. The maximum Gasteiger partial charge on any atom is 0.212 e. The molecule has 1 atom stereocenters. The highest BCUT2D eigenvalue weighted by atomic mass is 16.5. The summed E-state index contributed by atoms with van der Waals surface area (Å²) in [5.41, 5.74) is 1.60. The van der Waals surface area contributed by atoms with Gasteiger partial charge in [0.1, 0.15) is 6.10 Å². The van der Waals surface area contributed by atoms with Crippen LogP contribution in [0.4, 0.5) is 0 Å². The number of aryl methyl sites for hydroxylation is 1. The van der Waals surface area contributed by atoms with Gasteiger partial charge in [0.25, 0.3) is 0 Å². The topological polar surface area (TPSA) is 72.2 Å². The van der Waals surface area contributed by atoms with Crippen molar-refractivity contribution in [3.63, 3.8) is 0 Å². The largest absolute Gasteiger partial charge is 0.478 e. The molecule has 1 unspecified atom stereocenters. The van der Waals surface area contributed by atoms with Crippen LogP contribution in [0, 0.1) is 0 Å². The Kier molecular flexibility index (Phi) is 3.94. The van der Waals surface area contributed by atoms with Gasteiger partial charge in [0, 0.05) is 38.3 Å². The average molecular weight is 274 g/mol. The molecule has 3 heterocycles. The summed E-state index contributed by atoms with van der Waals surface area (Å²) in [4.78, 5) is 4.13. The van der Waals surface area contributed by atoms with Crippen LogP contribution in [0.3, 0.4) is 0 Å². The van der Waals surface area contributed by atoms with Crippen LogP contribution in [0.5, 0.6) is 5.88 Å². The number of aliphatic hydroxyl groups is 1. The molecule has 0 aromatic carbocycles. The highest BCUT2D eigenvalue weighted by Gasteiger charge is 2.13. The smallest absolute Gasteiger partial charge is 0.212 e. The third kappa shape index (κ3) is 2.97. The summed E-state index contributed by atoms with van der Waals surface area (Å²) >= 11 is 0. The van der Waals surface area contributed by atoms with Crippen LogP contribution in [0.1, 0.15) is 23.9 Å². The Hall–Kier alpha value is -1.92. The van der Waals surface area contributed by atoms with Crippen molar-refractivity contribution in [1.29, 1.82) is 0 Å². The number of hydrogen-bond acceptors (Lipinski definition) is 5. The van der Waals surface area contributed by atoms with Crippen LogP contribution in [0.25, 0.3) is 0 Å². The number of aliphatic hydroxyl groups excluding tert-OH is 1. The predicted octanol–water partition coefficient (Wildman–Crippen LogP) is 0.884. The maximum absolute atomic E-state index is 9.99.